The molecule has 32 heavy (non-hydrogen) atoms. The molecule has 10 heteroatoms. The molecule has 0 aliphatic carbocycles. The van der Waals surface area contributed by atoms with Gasteiger partial charge >= 0.3 is 0 Å². The van der Waals surface area contributed by atoms with Crippen molar-refractivity contribution in [1.82, 2.24) is 4.98 Å². The smallest absolute Gasteiger partial charge is 0.257 e. The van der Waals surface area contributed by atoms with E-state index in [1.807, 2.05) is 5.38 Å². The van der Waals surface area contributed by atoms with Gasteiger partial charge in [0, 0.05) is 16.5 Å². The zero-order chi connectivity index (χ0) is 23.3. The summed E-state index contributed by atoms with van der Waals surface area (Å²) in [7, 11) is 9.11. The van der Waals surface area contributed by atoms with Crippen LogP contribution in [0.1, 0.15) is 10.4 Å². The van der Waals surface area contributed by atoms with Gasteiger partial charge in [-0.05, 0) is 24.3 Å². The van der Waals surface area contributed by atoms with Crippen LogP contribution in [0, 0.1) is 0 Å². The molecule has 1 heterocycles. The lowest BCUT2D eigenvalue weighted by molar-refractivity contribution is 0.102. The van der Waals surface area contributed by atoms with Gasteiger partial charge in [0.2, 0.25) is 11.5 Å². The maximum absolute atomic E-state index is 12.8. The van der Waals surface area contributed by atoms with Crippen LogP contribution in [0.25, 0.3) is 11.3 Å². The molecule has 1 aromatic heterocycles. The Morgan fingerprint density at radius 1 is 0.750 bits per heavy atom. The molecular formula is C22H24N2O7S. The first-order valence-corrected chi connectivity index (χ1v) is 10.2. The average Bonchev–Trinajstić information content (AvgIpc) is 3.30. The van der Waals surface area contributed by atoms with E-state index in [0.717, 1.165) is 5.56 Å². The number of methoxy groups -OCH3 is 6. The number of benzene rings is 2. The Balaban J connectivity index is 1.88. The zero-order valence-electron chi connectivity index (χ0n) is 18.6. The van der Waals surface area contributed by atoms with Crippen molar-refractivity contribution in [2.75, 3.05) is 48.0 Å². The van der Waals surface area contributed by atoms with E-state index in [1.165, 1.54) is 32.7 Å². The van der Waals surface area contributed by atoms with Crippen molar-refractivity contribution in [2.24, 2.45) is 0 Å². The number of ether oxygens (including phenoxy) is 6. The number of aromatic nitrogens is 1. The minimum absolute atomic E-state index is 0.337. The van der Waals surface area contributed by atoms with Gasteiger partial charge in [-0.2, -0.15) is 0 Å². The molecule has 0 atom stereocenters. The van der Waals surface area contributed by atoms with E-state index in [9.17, 15) is 4.79 Å². The molecule has 0 bridgehead atoms. The van der Waals surface area contributed by atoms with Crippen molar-refractivity contribution < 1.29 is 33.2 Å². The lowest BCUT2D eigenvalue weighted by atomic mass is 10.1. The molecule has 0 radical (unpaired) electrons. The van der Waals surface area contributed by atoms with E-state index < -0.39 is 0 Å². The summed E-state index contributed by atoms with van der Waals surface area (Å²) in [6.07, 6.45) is 0. The molecule has 2 aromatic carbocycles. The number of anilines is 1. The predicted molar refractivity (Wildman–Crippen MR) is 121 cm³/mol. The van der Waals surface area contributed by atoms with E-state index in [1.54, 1.807) is 45.6 Å². The Morgan fingerprint density at radius 3 is 1.66 bits per heavy atom. The van der Waals surface area contributed by atoms with Crippen molar-refractivity contribution in [1.29, 1.82) is 0 Å². The third-order valence-corrected chi connectivity index (χ3v) is 5.37. The number of hydrogen-bond donors (Lipinski definition) is 1. The molecule has 0 aliphatic heterocycles. The minimum atomic E-state index is -0.366. The van der Waals surface area contributed by atoms with E-state index in [4.69, 9.17) is 28.4 Å². The molecule has 3 rings (SSSR count). The minimum Gasteiger partial charge on any atom is -0.493 e. The molecule has 0 aliphatic rings. The van der Waals surface area contributed by atoms with Crippen molar-refractivity contribution in [3.05, 3.63) is 35.2 Å². The number of amides is 1. The molecule has 0 fully saturated rings. The van der Waals surface area contributed by atoms with Gasteiger partial charge in [-0.25, -0.2) is 4.98 Å². The van der Waals surface area contributed by atoms with Crippen LogP contribution in [-0.4, -0.2) is 53.5 Å². The van der Waals surface area contributed by atoms with Crippen LogP contribution in [0.2, 0.25) is 0 Å². The van der Waals surface area contributed by atoms with Crippen LogP contribution >= 0.6 is 11.3 Å². The fraction of sp³-hybridized carbons (Fsp3) is 0.273. The largest absolute Gasteiger partial charge is 0.493 e. The maximum Gasteiger partial charge on any atom is 0.257 e. The van der Waals surface area contributed by atoms with E-state index in [0.29, 0.717) is 50.9 Å². The molecule has 0 unspecified atom stereocenters. The van der Waals surface area contributed by atoms with Crippen LogP contribution in [-0.2, 0) is 0 Å². The monoisotopic (exact) mass is 460 g/mol. The molecule has 0 saturated carbocycles. The predicted octanol–water partition coefficient (Wildman–Crippen LogP) is 4.11. The van der Waals surface area contributed by atoms with E-state index >= 15 is 0 Å². The average molecular weight is 461 g/mol. The Labute approximate surface area is 189 Å². The van der Waals surface area contributed by atoms with Gasteiger partial charge in [0.15, 0.2) is 28.1 Å². The topological polar surface area (TPSA) is 97.4 Å². The highest BCUT2D eigenvalue weighted by Crippen LogP contribution is 2.42. The van der Waals surface area contributed by atoms with Gasteiger partial charge in [-0.3, -0.25) is 10.1 Å². The number of carbonyl (C=O) groups excluding carboxylic acids is 1. The van der Waals surface area contributed by atoms with Gasteiger partial charge in [0.05, 0.1) is 48.4 Å². The Kier molecular flexibility index (Phi) is 7.26. The van der Waals surface area contributed by atoms with Gasteiger partial charge in [0.1, 0.15) is 0 Å². The molecule has 3 aromatic rings. The summed E-state index contributed by atoms with van der Waals surface area (Å²) in [5, 5.41) is 5.05. The quantitative estimate of drug-likeness (QED) is 0.509. The lowest BCUT2D eigenvalue weighted by Crippen LogP contribution is -2.12. The van der Waals surface area contributed by atoms with Crippen molar-refractivity contribution in [3.8, 4) is 45.8 Å². The standard InChI is InChI=1S/C22H24N2O7S/c1-26-15-7-12(8-16(27-2)19(15)30-5)14-11-32-22(23-14)24-21(25)13-9-17(28-3)20(31-6)18(10-13)29-4/h7-11H,1-6H3,(H,23,24,25). The number of nitrogens with zero attached hydrogens (tertiary/aromatic N) is 1. The van der Waals surface area contributed by atoms with E-state index in [2.05, 4.69) is 10.3 Å². The Bertz CT molecular complexity index is 1060. The Hall–Kier alpha value is -3.66. The van der Waals surface area contributed by atoms with Crippen LogP contribution in [0.15, 0.2) is 29.6 Å². The van der Waals surface area contributed by atoms with E-state index in [-0.39, 0.29) is 5.91 Å². The summed E-state index contributed by atoms with van der Waals surface area (Å²) in [6.45, 7) is 0. The summed E-state index contributed by atoms with van der Waals surface area (Å²) in [5.41, 5.74) is 1.74. The van der Waals surface area contributed by atoms with Crippen molar-refractivity contribution in [3.63, 3.8) is 0 Å². The molecule has 1 N–H and O–H groups in total. The van der Waals surface area contributed by atoms with Crippen molar-refractivity contribution >= 4 is 22.4 Å². The molecule has 1 amide bonds. The summed E-state index contributed by atoms with van der Waals surface area (Å²) in [5.74, 6) is 2.32. The van der Waals surface area contributed by atoms with Crippen molar-refractivity contribution in [2.45, 2.75) is 0 Å². The number of nitrogens with one attached hydrogen (secondary N) is 1. The van der Waals surface area contributed by atoms with Crippen LogP contribution in [0.3, 0.4) is 0 Å². The van der Waals surface area contributed by atoms with Gasteiger partial charge in [0.25, 0.3) is 5.91 Å². The highest BCUT2D eigenvalue weighted by molar-refractivity contribution is 7.14. The fourth-order valence-corrected chi connectivity index (χ4v) is 3.79. The summed E-state index contributed by atoms with van der Waals surface area (Å²) >= 11 is 1.29. The summed E-state index contributed by atoms with van der Waals surface area (Å²) < 4.78 is 32.1. The van der Waals surface area contributed by atoms with Crippen LogP contribution in [0.4, 0.5) is 5.13 Å². The highest BCUT2D eigenvalue weighted by Gasteiger charge is 2.19. The third-order valence-electron chi connectivity index (χ3n) is 4.61. The fourth-order valence-electron chi connectivity index (χ4n) is 3.07. The molecular weight excluding hydrogens is 436 g/mol. The lowest BCUT2D eigenvalue weighted by Gasteiger charge is -2.13. The molecule has 170 valence electrons. The molecule has 0 spiro atoms. The van der Waals surface area contributed by atoms with Crippen LogP contribution < -0.4 is 33.7 Å². The first-order valence-electron chi connectivity index (χ1n) is 9.36. The van der Waals surface area contributed by atoms with Gasteiger partial charge in [-0.15, -0.1) is 11.3 Å². The number of thiazole rings is 1. The number of carbonyl (C=O) groups is 1. The zero-order valence-corrected chi connectivity index (χ0v) is 19.4. The maximum atomic E-state index is 12.8. The number of hydrogen-bond acceptors (Lipinski definition) is 9. The first kappa shape index (κ1) is 23.0. The second-order valence-electron chi connectivity index (χ2n) is 6.32. The third kappa shape index (κ3) is 4.50. The van der Waals surface area contributed by atoms with Gasteiger partial charge < -0.3 is 28.4 Å². The molecule has 0 saturated heterocycles. The van der Waals surface area contributed by atoms with Gasteiger partial charge in [-0.1, -0.05) is 0 Å². The second-order valence-corrected chi connectivity index (χ2v) is 7.18. The molecule has 9 nitrogen and oxygen atoms in total. The number of rotatable bonds is 9. The normalized spacial score (nSPS) is 10.3. The first-order chi connectivity index (χ1) is 15.5. The highest BCUT2D eigenvalue weighted by atomic mass is 32.1. The second kappa shape index (κ2) is 10.1. The SMILES string of the molecule is COc1cc(C(=O)Nc2nc(-c3cc(OC)c(OC)c(OC)c3)cs2)cc(OC)c1OC. The van der Waals surface area contributed by atoms with Crippen LogP contribution in [0.5, 0.6) is 34.5 Å². The Morgan fingerprint density at radius 2 is 1.22 bits per heavy atom. The summed E-state index contributed by atoms with van der Waals surface area (Å²) in [6, 6.07) is 6.73. The summed E-state index contributed by atoms with van der Waals surface area (Å²) in [4.78, 5) is 17.3.